The van der Waals surface area contributed by atoms with E-state index in [-0.39, 0.29) is 16.6 Å². The van der Waals surface area contributed by atoms with Gasteiger partial charge in [-0.15, -0.1) is 11.3 Å². The zero-order valence-corrected chi connectivity index (χ0v) is 19.4. The van der Waals surface area contributed by atoms with Crippen molar-refractivity contribution in [2.24, 2.45) is 0 Å². The van der Waals surface area contributed by atoms with Crippen LogP contribution in [-0.4, -0.2) is 26.5 Å². The van der Waals surface area contributed by atoms with Crippen LogP contribution in [-0.2, 0) is 4.79 Å². The Labute approximate surface area is 198 Å². The second-order valence-electron chi connectivity index (χ2n) is 7.50. The molecular formula is C25H20F2N4O2S. The number of hydrogen-bond donors (Lipinski definition) is 0. The van der Waals surface area contributed by atoms with Gasteiger partial charge in [0.15, 0.2) is 10.9 Å². The molecule has 2 aromatic carbocycles. The number of hydrogen-bond acceptors (Lipinski definition) is 5. The molecular weight excluding hydrogens is 458 g/mol. The van der Waals surface area contributed by atoms with Crippen molar-refractivity contribution in [3.8, 4) is 5.69 Å². The first-order valence-electron chi connectivity index (χ1n) is 10.3. The van der Waals surface area contributed by atoms with Gasteiger partial charge in [-0.1, -0.05) is 18.2 Å². The monoisotopic (exact) mass is 478 g/mol. The van der Waals surface area contributed by atoms with E-state index in [1.54, 1.807) is 17.0 Å². The first-order valence-corrected chi connectivity index (χ1v) is 11.2. The largest absolute Gasteiger partial charge is 0.289 e. The number of carbonyl (C=O) groups excluding carboxylic acids is 2. The van der Waals surface area contributed by atoms with Gasteiger partial charge in [0.05, 0.1) is 34.0 Å². The molecule has 2 aromatic heterocycles. The molecule has 0 saturated heterocycles. The Kier molecular flexibility index (Phi) is 6.47. The van der Waals surface area contributed by atoms with Crippen LogP contribution < -0.4 is 4.90 Å². The third-order valence-electron chi connectivity index (χ3n) is 5.11. The van der Waals surface area contributed by atoms with Crippen molar-refractivity contribution < 1.29 is 18.4 Å². The number of nitrogens with zero attached hydrogens (tertiary/aromatic N) is 4. The van der Waals surface area contributed by atoms with E-state index in [9.17, 15) is 18.4 Å². The molecule has 0 aliphatic carbocycles. The predicted molar refractivity (Wildman–Crippen MR) is 128 cm³/mol. The third kappa shape index (κ3) is 4.55. The van der Waals surface area contributed by atoms with Crippen molar-refractivity contribution in [3.05, 3.63) is 94.3 Å². The number of rotatable bonds is 6. The summed E-state index contributed by atoms with van der Waals surface area (Å²) in [6, 6.07) is 12.5. The average molecular weight is 479 g/mol. The summed E-state index contributed by atoms with van der Waals surface area (Å²) in [5.41, 5.74) is 2.99. The first kappa shape index (κ1) is 23.2. The van der Waals surface area contributed by atoms with Crippen molar-refractivity contribution in [3.63, 3.8) is 0 Å². The van der Waals surface area contributed by atoms with Crippen molar-refractivity contribution in [2.75, 3.05) is 4.90 Å². The van der Waals surface area contributed by atoms with Gasteiger partial charge in [-0.25, -0.2) is 18.4 Å². The number of benzene rings is 2. The maximum Gasteiger partial charge on any atom is 0.230 e. The third-order valence-corrected chi connectivity index (χ3v) is 5.95. The van der Waals surface area contributed by atoms with E-state index < -0.39 is 17.5 Å². The van der Waals surface area contributed by atoms with Crippen LogP contribution in [0.2, 0.25) is 0 Å². The molecule has 0 aliphatic rings. The van der Waals surface area contributed by atoms with Crippen LogP contribution in [0.3, 0.4) is 0 Å². The molecule has 6 nitrogen and oxygen atoms in total. The molecule has 34 heavy (non-hydrogen) atoms. The summed E-state index contributed by atoms with van der Waals surface area (Å²) >= 11 is 1.10. The first-order chi connectivity index (χ1) is 16.3. The molecule has 0 atom stereocenters. The minimum Gasteiger partial charge on any atom is -0.289 e. The SMILES string of the molecule is CC(=O)N(c1nc(C=CC(=O)c2c(C)nn(-c3ccccc3)c2C)cs1)c1ccc(F)cc1F. The summed E-state index contributed by atoms with van der Waals surface area (Å²) < 4.78 is 29.3. The molecule has 172 valence electrons. The Morgan fingerprint density at radius 3 is 2.50 bits per heavy atom. The standard InChI is InChI=1S/C25H20F2N4O2S/c1-15-24(16(2)31(29-15)20-7-5-4-6-8-20)23(33)12-10-19-14-34-25(28-19)30(17(3)32)22-11-9-18(26)13-21(22)27/h4-14H,1-3H3. The Morgan fingerprint density at radius 1 is 1.09 bits per heavy atom. The summed E-state index contributed by atoms with van der Waals surface area (Å²) in [5.74, 6) is -2.34. The predicted octanol–water partition coefficient (Wildman–Crippen LogP) is 5.80. The van der Waals surface area contributed by atoms with Crippen LogP contribution in [0.15, 0.2) is 60.0 Å². The number of aryl methyl sites for hydroxylation is 1. The summed E-state index contributed by atoms with van der Waals surface area (Å²) in [4.78, 5) is 30.5. The zero-order valence-electron chi connectivity index (χ0n) is 18.6. The Bertz CT molecular complexity index is 1410. The molecule has 0 aliphatic heterocycles. The van der Waals surface area contributed by atoms with Gasteiger partial charge >= 0.3 is 0 Å². The van der Waals surface area contributed by atoms with Crippen LogP contribution in [0.4, 0.5) is 19.6 Å². The zero-order chi connectivity index (χ0) is 24.4. The van der Waals surface area contributed by atoms with E-state index in [0.29, 0.717) is 28.7 Å². The smallest absolute Gasteiger partial charge is 0.230 e. The van der Waals surface area contributed by atoms with Gasteiger partial charge in [0.1, 0.15) is 11.6 Å². The van der Waals surface area contributed by atoms with Gasteiger partial charge in [-0.2, -0.15) is 5.10 Å². The van der Waals surface area contributed by atoms with E-state index >= 15 is 0 Å². The fourth-order valence-electron chi connectivity index (χ4n) is 3.59. The fraction of sp³-hybridized carbons (Fsp3) is 0.120. The molecule has 1 amide bonds. The summed E-state index contributed by atoms with van der Waals surface area (Å²) in [6.45, 7) is 4.87. The highest BCUT2D eigenvalue weighted by Crippen LogP contribution is 2.31. The number of halogens is 2. The van der Waals surface area contributed by atoms with Crippen molar-refractivity contribution >= 4 is 39.9 Å². The number of aromatic nitrogens is 3. The molecule has 0 radical (unpaired) electrons. The van der Waals surface area contributed by atoms with E-state index in [4.69, 9.17) is 0 Å². The van der Waals surface area contributed by atoms with Gasteiger partial charge < -0.3 is 0 Å². The molecule has 4 aromatic rings. The summed E-state index contributed by atoms with van der Waals surface area (Å²) in [6.07, 6.45) is 2.92. The van der Waals surface area contributed by atoms with Crippen molar-refractivity contribution in [2.45, 2.75) is 20.8 Å². The number of thiazole rings is 1. The van der Waals surface area contributed by atoms with E-state index in [2.05, 4.69) is 10.1 Å². The van der Waals surface area contributed by atoms with E-state index in [0.717, 1.165) is 28.0 Å². The van der Waals surface area contributed by atoms with Gasteiger partial charge in [0.2, 0.25) is 5.91 Å². The molecule has 0 N–H and O–H groups in total. The number of amides is 1. The second kappa shape index (κ2) is 9.48. The molecule has 2 heterocycles. The topological polar surface area (TPSA) is 68.1 Å². The molecule has 9 heteroatoms. The van der Waals surface area contributed by atoms with Crippen LogP contribution in [0.1, 0.15) is 34.4 Å². The maximum atomic E-state index is 14.3. The lowest BCUT2D eigenvalue weighted by atomic mass is 10.1. The van der Waals surface area contributed by atoms with Crippen molar-refractivity contribution in [1.29, 1.82) is 0 Å². The average Bonchev–Trinajstić information content (AvgIpc) is 3.38. The summed E-state index contributed by atoms with van der Waals surface area (Å²) in [5, 5.41) is 6.34. The molecule has 0 saturated carbocycles. The van der Waals surface area contributed by atoms with E-state index in [1.165, 1.54) is 25.1 Å². The lowest BCUT2D eigenvalue weighted by Crippen LogP contribution is -2.23. The van der Waals surface area contributed by atoms with Crippen LogP contribution >= 0.6 is 11.3 Å². The van der Waals surface area contributed by atoms with Gasteiger partial charge in [0.25, 0.3) is 0 Å². The number of anilines is 2. The Morgan fingerprint density at radius 2 is 1.82 bits per heavy atom. The minimum atomic E-state index is -0.876. The van der Waals surface area contributed by atoms with Crippen molar-refractivity contribution in [1.82, 2.24) is 14.8 Å². The highest BCUT2D eigenvalue weighted by molar-refractivity contribution is 7.14. The lowest BCUT2D eigenvalue weighted by molar-refractivity contribution is -0.115. The number of ketones is 1. The molecule has 0 fully saturated rings. The Balaban J connectivity index is 1.59. The second-order valence-corrected chi connectivity index (χ2v) is 8.33. The van der Waals surface area contributed by atoms with Crippen LogP contribution in [0, 0.1) is 25.5 Å². The lowest BCUT2D eigenvalue weighted by Gasteiger charge is -2.18. The van der Waals surface area contributed by atoms with Crippen LogP contribution in [0.25, 0.3) is 11.8 Å². The number of carbonyl (C=O) groups is 2. The minimum absolute atomic E-state index is 0.102. The normalized spacial score (nSPS) is 11.2. The summed E-state index contributed by atoms with van der Waals surface area (Å²) in [7, 11) is 0. The number of allylic oxidation sites excluding steroid dienone is 1. The van der Waals surface area contributed by atoms with Gasteiger partial charge in [-0.05, 0) is 50.3 Å². The molecule has 4 rings (SSSR count). The Hall–Kier alpha value is -3.98. The number of para-hydroxylation sites is 1. The maximum absolute atomic E-state index is 14.3. The molecule has 0 unspecified atom stereocenters. The fourth-order valence-corrected chi connectivity index (χ4v) is 4.44. The quantitative estimate of drug-likeness (QED) is 0.259. The van der Waals surface area contributed by atoms with Gasteiger partial charge in [-0.3, -0.25) is 14.5 Å². The highest BCUT2D eigenvalue weighted by atomic mass is 32.1. The highest BCUT2D eigenvalue weighted by Gasteiger charge is 2.22. The van der Waals surface area contributed by atoms with Gasteiger partial charge in [0, 0.05) is 18.4 Å². The van der Waals surface area contributed by atoms with E-state index in [1.807, 2.05) is 37.3 Å². The van der Waals surface area contributed by atoms with Crippen LogP contribution in [0.5, 0.6) is 0 Å². The molecule has 0 bridgehead atoms. The molecule has 0 spiro atoms.